The van der Waals surface area contributed by atoms with E-state index in [4.69, 9.17) is 4.74 Å². The minimum Gasteiger partial charge on any atom is -0.431 e. The largest absolute Gasteiger partial charge is 0.431 e. The number of carbonyl (C=O) groups excluding carboxylic acids is 1. The monoisotopic (exact) mass is 180 g/mol. The van der Waals surface area contributed by atoms with Crippen LogP contribution in [0.4, 0.5) is 0 Å². The number of hydrogen-bond donors (Lipinski definition) is 0. The molecule has 0 fully saturated rings. The van der Waals surface area contributed by atoms with Crippen LogP contribution in [-0.4, -0.2) is 5.97 Å². The van der Waals surface area contributed by atoms with Crippen LogP contribution in [0.3, 0.4) is 0 Å². The Morgan fingerprint density at radius 2 is 2.15 bits per heavy atom. The van der Waals surface area contributed by atoms with Crippen molar-refractivity contribution in [2.45, 2.75) is 40.0 Å². The van der Waals surface area contributed by atoms with Gasteiger partial charge in [0.05, 0.1) is 6.42 Å². The molecule has 0 aromatic carbocycles. The van der Waals surface area contributed by atoms with E-state index in [1.54, 1.807) is 0 Å². The van der Waals surface area contributed by atoms with E-state index in [9.17, 15) is 4.79 Å². The average Bonchev–Trinajstić information content (AvgIpc) is 2.42. The van der Waals surface area contributed by atoms with E-state index in [1.165, 1.54) is 12.0 Å². The van der Waals surface area contributed by atoms with E-state index in [2.05, 4.69) is 20.8 Å². The molecule has 0 saturated heterocycles. The predicted molar refractivity (Wildman–Crippen MR) is 49.9 cm³/mol. The molecule has 1 unspecified atom stereocenters. The number of ether oxygens (including phenoxy) is 1. The van der Waals surface area contributed by atoms with Crippen molar-refractivity contribution in [2.75, 3.05) is 0 Å². The number of hydrogen-bond acceptors (Lipinski definition) is 2. The molecule has 2 aliphatic rings. The molecule has 1 aliphatic carbocycles. The van der Waals surface area contributed by atoms with E-state index >= 15 is 0 Å². The topological polar surface area (TPSA) is 26.3 Å². The summed E-state index contributed by atoms with van der Waals surface area (Å²) in [7, 11) is 0. The molecular formula is C11H16O2. The van der Waals surface area contributed by atoms with Crippen LogP contribution in [0.5, 0.6) is 0 Å². The van der Waals surface area contributed by atoms with Crippen LogP contribution in [0.15, 0.2) is 11.3 Å². The Labute approximate surface area is 79.0 Å². The number of carbonyl (C=O) groups is 1. The van der Waals surface area contributed by atoms with Crippen LogP contribution in [-0.2, 0) is 9.53 Å². The van der Waals surface area contributed by atoms with Crippen LogP contribution in [0, 0.1) is 11.3 Å². The van der Waals surface area contributed by atoms with Crippen molar-refractivity contribution in [3.8, 4) is 0 Å². The summed E-state index contributed by atoms with van der Waals surface area (Å²) < 4.78 is 5.25. The third-order valence-corrected chi connectivity index (χ3v) is 3.31. The van der Waals surface area contributed by atoms with Crippen LogP contribution >= 0.6 is 0 Å². The lowest BCUT2D eigenvalue weighted by molar-refractivity contribution is -0.137. The molecule has 0 spiro atoms. The van der Waals surface area contributed by atoms with E-state index < -0.39 is 0 Å². The number of allylic oxidation sites excluding steroid dienone is 1. The highest BCUT2D eigenvalue weighted by Gasteiger charge is 2.40. The van der Waals surface area contributed by atoms with Crippen LogP contribution in [0.25, 0.3) is 0 Å². The molecular weight excluding hydrogens is 164 g/mol. The fourth-order valence-electron chi connectivity index (χ4n) is 2.28. The van der Waals surface area contributed by atoms with Crippen LogP contribution in [0.1, 0.15) is 40.0 Å². The van der Waals surface area contributed by atoms with Gasteiger partial charge in [-0.3, -0.25) is 4.79 Å². The SMILES string of the molecule is CC1CCC(C)(C)C2=C1OC(=O)C2. The van der Waals surface area contributed by atoms with Crippen LogP contribution < -0.4 is 0 Å². The van der Waals surface area contributed by atoms with E-state index in [1.807, 2.05) is 0 Å². The molecule has 0 bridgehead atoms. The molecule has 1 heterocycles. The molecule has 2 rings (SSSR count). The predicted octanol–water partition coefficient (Wildman–Crippen LogP) is 2.64. The summed E-state index contributed by atoms with van der Waals surface area (Å²) in [6.07, 6.45) is 2.83. The van der Waals surface area contributed by atoms with E-state index in [0.29, 0.717) is 12.3 Å². The Balaban J connectivity index is 2.39. The normalized spacial score (nSPS) is 31.6. The maximum Gasteiger partial charge on any atom is 0.315 e. The minimum atomic E-state index is -0.0631. The van der Waals surface area contributed by atoms with Gasteiger partial charge in [-0.05, 0) is 23.8 Å². The Morgan fingerprint density at radius 1 is 1.46 bits per heavy atom. The van der Waals surface area contributed by atoms with Crippen molar-refractivity contribution in [3.63, 3.8) is 0 Å². The molecule has 2 heteroatoms. The zero-order valence-corrected chi connectivity index (χ0v) is 8.52. The lowest BCUT2D eigenvalue weighted by Crippen LogP contribution is -2.22. The molecule has 1 atom stereocenters. The molecule has 13 heavy (non-hydrogen) atoms. The third kappa shape index (κ3) is 1.28. The maximum atomic E-state index is 11.2. The van der Waals surface area contributed by atoms with Gasteiger partial charge in [0.15, 0.2) is 0 Å². The molecule has 0 aromatic rings. The van der Waals surface area contributed by atoms with Gasteiger partial charge in [-0.1, -0.05) is 20.8 Å². The summed E-state index contributed by atoms with van der Waals surface area (Å²) in [5, 5.41) is 0. The molecule has 0 aromatic heterocycles. The fraction of sp³-hybridized carbons (Fsp3) is 0.727. The van der Waals surface area contributed by atoms with Gasteiger partial charge in [-0.25, -0.2) is 0 Å². The summed E-state index contributed by atoms with van der Waals surface area (Å²) >= 11 is 0. The standard InChI is InChI=1S/C11H16O2/c1-7-4-5-11(2,3)8-6-9(12)13-10(7)8/h7H,4-6H2,1-3H3. The first-order valence-electron chi connectivity index (χ1n) is 4.95. The molecule has 2 nitrogen and oxygen atoms in total. The summed E-state index contributed by atoms with van der Waals surface area (Å²) in [5.74, 6) is 1.35. The number of rotatable bonds is 0. The number of esters is 1. The van der Waals surface area contributed by atoms with Gasteiger partial charge in [-0.15, -0.1) is 0 Å². The van der Waals surface area contributed by atoms with Crippen molar-refractivity contribution in [2.24, 2.45) is 11.3 Å². The summed E-state index contributed by atoms with van der Waals surface area (Å²) in [5.41, 5.74) is 1.42. The molecule has 0 saturated carbocycles. The second-order valence-electron chi connectivity index (χ2n) is 4.82. The second-order valence-corrected chi connectivity index (χ2v) is 4.82. The fourth-order valence-corrected chi connectivity index (χ4v) is 2.28. The van der Waals surface area contributed by atoms with Crippen molar-refractivity contribution >= 4 is 5.97 Å². The van der Waals surface area contributed by atoms with Gasteiger partial charge in [0, 0.05) is 5.92 Å². The van der Waals surface area contributed by atoms with E-state index in [0.717, 1.165) is 12.2 Å². The lowest BCUT2D eigenvalue weighted by atomic mass is 9.71. The zero-order chi connectivity index (χ0) is 9.64. The molecule has 72 valence electrons. The van der Waals surface area contributed by atoms with Gasteiger partial charge in [-0.2, -0.15) is 0 Å². The van der Waals surface area contributed by atoms with Crippen molar-refractivity contribution in [3.05, 3.63) is 11.3 Å². The van der Waals surface area contributed by atoms with Gasteiger partial charge in [0.1, 0.15) is 5.76 Å². The molecule has 0 N–H and O–H groups in total. The minimum absolute atomic E-state index is 0.0631. The summed E-state index contributed by atoms with van der Waals surface area (Å²) in [6, 6.07) is 0. The second kappa shape index (κ2) is 2.60. The van der Waals surface area contributed by atoms with Crippen LogP contribution in [0.2, 0.25) is 0 Å². The van der Waals surface area contributed by atoms with Crippen molar-refractivity contribution < 1.29 is 9.53 Å². The molecule has 1 aliphatic heterocycles. The third-order valence-electron chi connectivity index (χ3n) is 3.31. The maximum absolute atomic E-state index is 11.2. The van der Waals surface area contributed by atoms with Crippen molar-refractivity contribution in [1.29, 1.82) is 0 Å². The first-order chi connectivity index (χ1) is 6.00. The van der Waals surface area contributed by atoms with Crippen molar-refractivity contribution in [1.82, 2.24) is 0 Å². The first-order valence-corrected chi connectivity index (χ1v) is 4.95. The smallest absolute Gasteiger partial charge is 0.315 e. The lowest BCUT2D eigenvalue weighted by Gasteiger charge is -2.33. The first kappa shape index (κ1) is 8.79. The highest BCUT2D eigenvalue weighted by atomic mass is 16.5. The van der Waals surface area contributed by atoms with E-state index in [-0.39, 0.29) is 11.4 Å². The highest BCUT2D eigenvalue weighted by molar-refractivity contribution is 5.77. The Kier molecular flexibility index (Phi) is 1.76. The summed E-state index contributed by atoms with van der Waals surface area (Å²) in [4.78, 5) is 11.2. The zero-order valence-electron chi connectivity index (χ0n) is 8.52. The summed E-state index contributed by atoms with van der Waals surface area (Å²) in [6.45, 7) is 6.55. The van der Waals surface area contributed by atoms with Gasteiger partial charge < -0.3 is 4.74 Å². The Morgan fingerprint density at radius 3 is 2.77 bits per heavy atom. The Hall–Kier alpha value is -0.790. The average molecular weight is 180 g/mol. The van der Waals surface area contributed by atoms with Gasteiger partial charge >= 0.3 is 5.97 Å². The Bertz CT molecular complexity index is 286. The van der Waals surface area contributed by atoms with Gasteiger partial charge in [0.2, 0.25) is 0 Å². The molecule has 0 amide bonds. The quantitative estimate of drug-likeness (QED) is 0.536. The highest BCUT2D eigenvalue weighted by Crippen LogP contribution is 2.47. The molecule has 0 radical (unpaired) electrons. The van der Waals surface area contributed by atoms with Gasteiger partial charge in [0.25, 0.3) is 0 Å².